The summed E-state index contributed by atoms with van der Waals surface area (Å²) in [5, 5.41) is 25.6. The monoisotopic (exact) mass is 882 g/mol. The normalized spacial score (nSPS) is 13.6. The largest absolute Gasteiger partial charge is 0.388 e. The Hall–Kier alpha value is -7.23. The van der Waals surface area contributed by atoms with Crippen LogP contribution in [0.2, 0.25) is 0 Å². The molecule has 0 spiro atoms. The molecule has 0 saturated heterocycles. The molecule has 334 valence electrons. The number of ether oxygens (including phenoxy) is 3. The molecule has 9 rings (SSSR count). The van der Waals surface area contributed by atoms with Gasteiger partial charge in [0.1, 0.15) is 35.6 Å². The molecule has 9 aromatic rings. The Labute approximate surface area is 393 Å². The second-order valence-electron chi connectivity index (χ2n) is 16.6. The van der Waals surface area contributed by atoms with Crippen molar-refractivity contribution in [1.29, 1.82) is 0 Å². The van der Waals surface area contributed by atoms with Gasteiger partial charge in [0.05, 0.1) is 31.8 Å². The van der Waals surface area contributed by atoms with Gasteiger partial charge >= 0.3 is 0 Å². The number of imidazole rings is 1. The molecular weight excluding hydrogens is 829 g/mol. The summed E-state index contributed by atoms with van der Waals surface area (Å²) in [6, 6.07) is 80.7. The van der Waals surface area contributed by atoms with E-state index in [2.05, 4.69) is 41.0 Å². The number of hydrogen-bond acceptors (Lipinski definition) is 6. The van der Waals surface area contributed by atoms with Crippen LogP contribution < -0.4 is 0 Å². The molecule has 0 fully saturated rings. The van der Waals surface area contributed by atoms with Crippen molar-refractivity contribution in [3.05, 3.63) is 305 Å². The van der Waals surface area contributed by atoms with Gasteiger partial charge in [0.2, 0.25) is 0 Å². The highest BCUT2D eigenvalue weighted by Gasteiger charge is 2.43. The Morgan fingerprint density at radius 3 is 1.16 bits per heavy atom. The maximum atomic E-state index is 13.0. The molecule has 0 aliphatic carbocycles. The van der Waals surface area contributed by atoms with Gasteiger partial charge in [0, 0.05) is 6.20 Å². The molecule has 0 aliphatic rings. The lowest BCUT2D eigenvalue weighted by molar-refractivity contribution is -0.174. The fraction of sp³-hybridized carbons (Fsp3) is 0.150. The van der Waals surface area contributed by atoms with E-state index in [1.54, 1.807) is 6.33 Å². The van der Waals surface area contributed by atoms with E-state index < -0.39 is 35.6 Å². The lowest BCUT2D eigenvalue weighted by atomic mass is 9.77. The number of aromatic nitrogens is 2. The maximum Gasteiger partial charge on any atom is 0.143 e. The molecule has 1 unspecified atom stereocenters. The summed E-state index contributed by atoms with van der Waals surface area (Å²) < 4.78 is 22.7. The number of hydrogen-bond donors (Lipinski definition) is 2. The first-order chi connectivity index (χ1) is 33.1. The summed E-state index contributed by atoms with van der Waals surface area (Å²) in [4.78, 5) is 5.07. The second kappa shape index (κ2) is 21.4. The highest BCUT2D eigenvalue weighted by atomic mass is 16.5. The smallest absolute Gasteiger partial charge is 0.143 e. The minimum atomic E-state index is -1.44. The molecule has 0 aliphatic heterocycles. The molecule has 1 heterocycles. The van der Waals surface area contributed by atoms with E-state index in [-0.39, 0.29) is 19.8 Å². The molecule has 8 aromatic carbocycles. The van der Waals surface area contributed by atoms with Crippen molar-refractivity contribution in [2.75, 3.05) is 6.61 Å². The van der Waals surface area contributed by atoms with E-state index in [1.165, 1.54) is 0 Å². The molecule has 7 heteroatoms. The van der Waals surface area contributed by atoms with Crippen LogP contribution in [0.25, 0.3) is 0 Å². The highest BCUT2D eigenvalue weighted by molar-refractivity contribution is 5.51. The lowest BCUT2D eigenvalue weighted by Crippen LogP contribution is -2.47. The van der Waals surface area contributed by atoms with Crippen molar-refractivity contribution in [2.24, 2.45) is 0 Å². The molecular formula is C60H54N2O5. The third-order valence-electron chi connectivity index (χ3n) is 12.5. The molecule has 0 saturated carbocycles. The topological polar surface area (TPSA) is 86.0 Å². The fourth-order valence-electron chi connectivity index (χ4n) is 9.22. The Kier molecular flexibility index (Phi) is 14.3. The summed E-state index contributed by atoms with van der Waals surface area (Å²) in [7, 11) is 0. The summed E-state index contributed by atoms with van der Waals surface area (Å²) in [6.45, 7) is 0.0573. The highest BCUT2D eigenvalue weighted by Crippen LogP contribution is 2.43. The van der Waals surface area contributed by atoms with Crippen LogP contribution in [0.5, 0.6) is 0 Å². The summed E-state index contributed by atoms with van der Waals surface area (Å²) in [6.07, 6.45) is -1.31. The van der Waals surface area contributed by atoms with Gasteiger partial charge in [-0.1, -0.05) is 243 Å². The molecule has 1 aromatic heterocycles. The first kappa shape index (κ1) is 44.9. The van der Waals surface area contributed by atoms with E-state index in [0.29, 0.717) is 5.69 Å². The molecule has 0 amide bonds. The van der Waals surface area contributed by atoms with Crippen LogP contribution in [-0.4, -0.2) is 44.7 Å². The van der Waals surface area contributed by atoms with Gasteiger partial charge < -0.3 is 29.0 Å². The summed E-state index contributed by atoms with van der Waals surface area (Å²) in [5.41, 5.74) is 5.98. The fourth-order valence-corrected chi connectivity index (χ4v) is 9.22. The Bertz CT molecular complexity index is 2640. The minimum absolute atomic E-state index is 0.111. The predicted octanol–water partition coefficient (Wildman–Crippen LogP) is 11.3. The van der Waals surface area contributed by atoms with E-state index in [0.717, 1.165) is 44.5 Å². The van der Waals surface area contributed by atoms with Gasteiger partial charge in [-0.05, 0) is 44.5 Å². The van der Waals surface area contributed by atoms with Crippen LogP contribution in [0.15, 0.2) is 255 Å². The Morgan fingerprint density at radius 1 is 0.433 bits per heavy atom. The van der Waals surface area contributed by atoms with Gasteiger partial charge in [-0.15, -0.1) is 0 Å². The lowest BCUT2D eigenvalue weighted by Gasteiger charge is -2.38. The zero-order valence-corrected chi connectivity index (χ0v) is 37.2. The van der Waals surface area contributed by atoms with E-state index in [9.17, 15) is 10.2 Å². The van der Waals surface area contributed by atoms with Crippen molar-refractivity contribution in [3.63, 3.8) is 0 Å². The molecule has 0 bridgehead atoms. The first-order valence-electron chi connectivity index (χ1n) is 22.8. The Morgan fingerprint density at radius 2 is 0.776 bits per heavy atom. The quantitative estimate of drug-likeness (QED) is 0.0742. The van der Waals surface area contributed by atoms with Crippen LogP contribution >= 0.6 is 0 Å². The van der Waals surface area contributed by atoms with Crippen molar-refractivity contribution in [3.8, 4) is 0 Å². The van der Waals surface area contributed by atoms with E-state index in [1.807, 2.05) is 212 Å². The SMILES string of the molecule is O[C@H](C(OCc1ccccc1)c1cn(C(c2ccccc2)(c2ccccc2)c2ccccc2)cn1)[C@H](OCc1ccccc1)[C@@H](O)COC(c1ccccc1)(c1ccccc1)c1ccccc1. The van der Waals surface area contributed by atoms with Gasteiger partial charge in [-0.2, -0.15) is 0 Å². The van der Waals surface area contributed by atoms with Gasteiger partial charge in [0.25, 0.3) is 0 Å². The molecule has 4 atom stereocenters. The van der Waals surface area contributed by atoms with Crippen molar-refractivity contribution in [2.45, 2.75) is 48.8 Å². The van der Waals surface area contributed by atoms with Crippen molar-refractivity contribution < 1.29 is 24.4 Å². The van der Waals surface area contributed by atoms with Crippen LogP contribution in [-0.2, 0) is 38.6 Å². The van der Waals surface area contributed by atoms with Crippen LogP contribution in [0, 0.1) is 0 Å². The molecule has 2 N–H and O–H groups in total. The van der Waals surface area contributed by atoms with Crippen molar-refractivity contribution in [1.82, 2.24) is 9.55 Å². The standard InChI is InChI=1S/C60H54N2O5/c63-55(44-67-60(51-35-19-6-20-36-51,52-37-21-7-22-38-52)53-39-23-8-24-40-53)58(66-43-47-27-11-2-12-28-47)56(64)57(65-42-46-25-9-1-10-26-46)54-41-62(45-61-54)59(48-29-13-3-14-30-48,49-31-15-4-16-32-49)50-33-17-5-18-34-50/h1-41,45,55-58,63-64H,42-44H2/t55-,56+,57?,58+/m0/s1. The van der Waals surface area contributed by atoms with Crippen LogP contribution in [0.3, 0.4) is 0 Å². The zero-order chi connectivity index (χ0) is 45.7. The number of rotatable bonds is 20. The second-order valence-corrected chi connectivity index (χ2v) is 16.6. The third kappa shape index (κ3) is 9.70. The van der Waals surface area contributed by atoms with Crippen LogP contribution in [0.1, 0.15) is 56.3 Å². The number of nitrogens with zero attached hydrogens (tertiary/aromatic N) is 2. The maximum absolute atomic E-state index is 13.0. The van der Waals surface area contributed by atoms with E-state index >= 15 is 0 Å². The van der Waals surface area contributed by atoms with Crippen LogP contribution in [0.4, 0.5) is 0 Å². The van der Waals surface area contributed by atoms with Gasteiger partial charge in [-0.25, -0.2) is 4.98 Å². The minimum Gasteiger partial charge on any atom is -0.388 e. The molecule has 0 radical (unpaired) electrons. The molecule has 67 heavy (non-hydrogen) atoms. The number of aliphatic hydroxyl groups is 2. The Balaban J connectivity index is 1.14. The van der Waals surface area contributed by atoms with E-state index in [4.69, 9.17) is 19.2 Å². The van der Waals surface area contributed by atoms with Gasteiger partial charge in [-0.3, -0.25) is 0 Å². The average Bonchev–Trinajstić information content (AvgIpc) is 3.89. The van der Waals surface area contributed by atoms with Gasteiger partial charge in [0.15, 0.2) is 0 Å². The summed E-state index contributed by atoms with van der Waals surface area (Å²) >= 11 is 0. The number of benzene rings is 8. The zero-order valence-electron chi connectivity index (χ0n) is 37.2. The van der Waals surface area contributed by atoms with Crippen molar-refractivity contribution >= 4 is 0 Å². The first-order valence-corrected chi connectivity index (χ1v) is 22.8. The predicted molar refractivity (Wildman–Crippen MR) is 263 cm³/mol. The summed E-state index contributed by atoms with van der Waals surface area (Å²) in [5.74, 6) is 0. The third-order valence-corrected chi connectivity index (χ3v) is 12.5. The molecule has 7 nitrogen and oxygen atoms in total. The number of aliphatic hydroxyl groups excluding tert-OH is 2. The average molecular weight is 883 g/mol.